The molecule has 31 heavy (non-hydrogen) atoms. The minimum absolute atomic E-state index is 0.0257. The van der Waals surface area contributed by atoms with Crippen LogP contribution in [0.3, 0.4) is 0 Å². The molecule has 1 aromatic carbocycles. The summed E-state index contributed by atoms with van der Waals surface area (Å²) in [6.45, 7) is 6.91. The Hall–Kier alpha value is -2.61. The number of carbonyl (C=O) groups excluding carboxylic acids is 3. The van der Waals surface area contributed by atoms with E-state index in [-0.39, 0.29) is 28.5 Å². The van der Waals surface area contributed by atoms with E-state index in [1.807, 2.05) is 6.26 Å². The van der Waals surface area contributed by atoms with Gasteiger partial charge in [0.1, 0.15) is 0 Å². The lowest BCUT2D eigenvalue weighted by atomic mass is 9.94. The quantitative estimate of drug-likeness (QED) is 0.144. The topological polar surface area (TPSA) is 88.1 Å². The van der Waals surface area contributed by atoms with E-state index in [2.05, 4.69) is 17.2 Å². The van der Waals surface area contributed by atoms with Crippen molar-refractivity contribution < 1.29 is 33.3 Å². The lowest BCUT2D eigenvalue weighted by Crippen LogP contribution is -2.21. The second-order valence-electron chi connectivity index (χ2n) is 7.23. The summed E-state index contributed by atoms with van der Waals surface area (Å²) in [5.74, 6) is 3.50. The Kier molecular flexibility index (Phi) is 12.3. The summed E-state index contributed by atoms with van der Waals surface area (Å²) in [6.07, 6.45) is 4.39. The Labute approximate surface area is 186 Å². The van der Waals surface area contributed by atoms with E-state index in [4.69, 9.17) is 14.2 Å². The van der Waals surface area contributed by atoms with Crippen molar-refractivity contribution in [1.29, 1.82) is 0 Å². The van der Waals surface area contributed by atoms with Crippen LogP contribution >= 0.6 is 10.5 Å². The molecule has 0 fully saturated rings. The third kappa shape index (κ3) is 11.4. The molecule has 0 radical (unpaired) electrons. The number of carbonyl (C=O) groups is 3. The van der Waals surface area contributed by atoms with Gasteiger partial charge in [0.15, 0.2) is 0 Å². The second-order valence-corrected chi connectivity index (χ2v) is 9.20. The highest BCUT2D eigenvalue weighted by Crippen LogP contribution is 2.18. The van der Waals surface area contributed by atoms with E-state index in [0.717, 1.165) is 11.3 Å². The van der Waals surface area contributed by atoms with Crippen LogP contribution < -0.4 is 0 Å². The number of rotatable bonds is 13. The van der Waals surface area contributed by atoms with Crippen molar-refractivity contribution in [1.82, 2.24) is 0 Å². The zero-order valence-electron chi connectivity index (χ0n) is 18.5. The summed E-state index contributed by atoms with van der Waals surface area (Å²) in [6, 6.07) is 6.73. The van der Waals surface area contributed by atoms with Gasteiger partial charge in [0.05, 0.1) is 24.2 Å². The van der Waals surface area contributed by atoms with Crippen LogP contribution in [0, 0.1) is 5.92 Å². The van der Waals surface area contributed by atoms with Gasteiger partial charge in [0.2, 0.25) is 6.79 Å². The highest BCUT2D eigenvalue weighted by molar-refractivity contribution is 8.13. The van der Waals surface area contributed by atoms with Gasteiger partial charge < -0.3 is 18.9 Å². The first-order valence-corrected chi connectivity index (χ1v) is 12.0. The summed E-state index contributed by atoms with van der Waals surface area (Å²) < 4.78 is 19.7. The fraction of sp³-hybridized carbons (Fsp3) is 0.478. The van der Waals surface area contributed by atoms with Crippen molar-refractivity contribution in [3.05, 3.63) is 48.0 Å². The van der Waals surface area contributed by atoms with Crippen molar-refractivity contribution in [2.45, 2.75) is 39.2 Å². The molecule has 1 aromatic rings. The molecule has 0 aliphatic heterocycles. The minimum Gasteiger partial charge on any atom is -0.465 e. The molecule has 7 nitrogen and oxygen atoms in total. The first-order chi connectivity index (χ1) is 14.7. The van der Waals surface area contributed by atoms with Gasteiger partial charge in [0, 0.05) is 5.75 Å². The van der Waals surface area contributed by atoms with Gasteiger partial charge in [-0.05, 0) is 57.1 Å². The molecule has 0 aromatic heterocycles. The Bertz CT molecular complexity index is 756. The number of esters is 2. The monoisotopic (exact) mass is 452 g/mol. The highest BCUT2D eigenvalue weighted by atomic mass is 32.2. The fourth-order valence-corrected chi connectivity index (χ4v) is 2.89. The summed E-state index contributed by atoms with van der Waals surface area (Å²) >= 11 is 0. The number of ether oxygens (including phenoxy) is 4. The average Bonchev–Trinajstić information content (AvgIpc) is 2.70. The molecular formula is C23H32O7S. The van der Waals surface area contributed by atoms with E-state index >= 15 is 0 Å². The summed E-state index contributed by atoms with van der Waals surface area (Å²) in [4.78, 5) is 35.8. The summed E-state index contributed by atoms with van der Waals surface area (Å²) in [5.41, 5.74) is 1.20. The molecule has 0 spiro atoms. The van der Waals surface area contributed by atoms with Gasteiger partial charge >= 0.3 is 18.1 Å². The van der Waals surface area contributed by atoms with Gasteiger partial charge in [-0.3, -0.25) is 4.79 Å². The molecule has 0 aliphatic carbocycles. The molecule has 0 bridgehead atoms. The predicted octanol–water partition coefficient (Wildman–Crippen LogP) is 4.36. The SMILES string of the molecule is C=CCCC(Cc1ccc(C(=O)OCOC(=O)OC(C)C)cc1)C(=O)OCCS(=C)C. The van der Waals surface area contributed by atoms with E-state index < -0.39 is 18.9 Å². The molecule has 0 aliphatic rings. The van der Waals surface area contributed by atoms with Crippen LogP contribution in [0.4, 0.5) is 4.79 Å². The zero-order chi connectivity index (χ0) is 23.2. The normalized spacial score (nSPS) is 12.5. The number of benzene rings is 1. The van der Waals surface area contributed by atoms with Crippen LogP contribution in [0.1, 0.15) is 42.6 Å². The van der Waals surface area contributed by atoms with Crippen molar-refractivity contribution in [3.8, 4) is 0 Å². The molecule has 2 unspecified atom stereocenters. The number of allylic oxidation sites excluding steroid dienone is 1. The van der Waals surface area contributed by atoms with E-state index in [9.17, 15) is 14.4 Å². The molecule has 0 heterocycles. The lowest BCUT2D eigenvalue weighted by molar-refractivity contribution is -0.148. The Morgan fingerprint density at radius 1 is 1.10 bits per heavy atom. The van der Waals surface area contributed by atoms with Gasteiger partial charge in [-0.15, -0.1) is 6.58 Å². The Morgan fingerprint density at radius 3 is 2.35 bits per heavy atom. The van der Waals surface area contributed by atoms with Crippen LogP contribution in [-0.4, -0.2) is 55.5 Å². The van der Waals surface area contributed by atoms with Crippen molar-refractivity contribution in [3.63, 3.8) is 0 Å². The molecule has 1 rings (SSSR count). The highest BCUT2D eigenvalue weighted by Gasteiger charge is 2.20. The number of hydrogen-bond acceptors (Lipinski definition) is 7. The first kappa shape index (κ1) is 26.4. The Morgan fingerprint density at radius 2 is 1.77 bits per heavy atom. The van der Waals surface area contributed by atoms with Crippen LogP contribution in [0.25, 0.3) is 0 Å². The standard InChI is InChI=1S/C23H32O7S/c1-6-7-8-20(22(25)27-13-14-31(4)5)15-18-9-11-19(12-10-18)21(24)28-16-29-23(26)30-17(2)3/h6,9-12,17,20H,1,4,7-8,13-16H2,2-3,5H3. The maximum atomic E-state index is 12.5. The van der Waals surface area contributed by atoms with Gasteiger partial charge in [-0.1, -0.05) is 24.1 Å². The van der Waals surface area contributed by atoms with Crippen LogP contribution in [-0.2, 0) is 30.2 Å². The molecule has 0 amide bonds. The van der Waals surface area contributed by atoms with Gasteiger partial charge in [-0.2, -0.15) is 10.5 Å². The van der Waals surface area contributed by atoms with E-state index in [0.29, 0.717) is 31.4 Å². The molecule has 2 atom stereocenters. The smallest absolute Gasteiger partial charge is 0.465 e. The van der Waals surface area contributed by atoms with E-state index in [1.54, 1.807) is 44.2 Å². The van der Waals surface area contributed by atoms with Crippen molar-refractivity contribution >= 4 is 34.4 Å². The second kappa shape index (κ2) is 14.4. The van der Waals surface area contributed by atoms with Gasteiger partial charge in [0.25, 0.3) is 0 Å². The van der Waals surface area contributed by atoms with Crippen molar-refractivity contribution in [2.75, 3.05) is 25.4 Å². The zero-order valence-corrected chi connectivity index (χ0v) is 19.3. The third-order valence-corrected chi connectivity index (χ3v) is 4.96. The molecule has 0 N–H and O–H groups in total. The van der Waals surface area contributed by atoms with Crippen molar-refractivity contribution in [2.24, 2.45) is 5.92 Å². The van der Waals surface area contributed by atoms with E-state index in [1.165, 1.54) is 0 Å². The molecular weight excluding hydrogens is 420 g/mol. The third-order valence-electron chi connectivity index (χ3n) is 4.10. The molecule has 172 valence electrons. The minimum atomic E-state index is -0.902. The van der Waals surface area contributed by atoms with Crippen LogP contribution in [0.15, 0.2) is 36.9 Å². The largest absolute Gasteiger partial charge is 0.511 e. The van der Waals surface area contributed by atoms with Gasteiger partial charge in [-0.25, -0.2) is 9.59 Å². The Balaban J connectivity index is 2.60. The first-order valence-electron chi connectivity index (χ1n) is 10.0. The number of hydrogen-bond donors (Lipinski definition) is 0. The average molecular weight is 453 g/mol. The maximum absolute atomic E-state index is 12.5. The molecule has 0 saturated carbocycles. The summed E-state index contributed by atoms with van der Waals surface area (Å²) in [5, 5.41) is 0. The lowest BCUT2D eigenvalue weighted by Gasteiger charge is -2.16. The maximum Gasteiger partial charge on any atom is 0.511 e. The predicted molar refractivity (Wildman–Crippen MR) is 123 cm³/mol. The summed E-state index contributed by atoms with van der Waals surface area (Å²) in [7, 11) is -0.0257. The fourth-order valence-electron chi connectivity index (χ4n) is 2.53. The molecule has 0 saturated heterocycles. The van der Waals surface area contributed by atoms with Crippen LogP contribution in [0.5, 0.6) is 0 Å². The van der Waals surface area contributed by atoms with Crippen LogP contribution in [0.2, 0.25) is 0 Å². The molecule has 8 heteroatoms.